The van der Waals surface area contributed by atoms with E-state index in [1.165, 1.54) is 302 Å². The van der Waals surface area contributed by atoms with Crippen LogP contribution in [0.15, 0.2) is 0 Å². The Morgan fingerprint density at radius 2 is 0.430 bits per heavy atom. The lowest BCUT2D eigenvalue weighted by Gasteiger charge is -2.21. The van der Waals surface area contributed by atoms with Gasteiger partial charge < -0.3 is 33.8 Å². The molecule has 0 saturated carbocycles. The normalized spacial score (nSPS) is 13.7. The van der Waals surface area contributed by atoms with Crippen molar-refractivity contribution in [2.75, 3.05) is 39.6 Å². The van der Waals surface area contributed by atoms with E-state index < -0.39 is 97.5 Å². The molecule has 0 spiro atoms. The first-order chi connectivity index (χ1) is 52.0. The first-order valence-corrected chi connectivity index (χ1v) is 48.6. The minimum atomic E-state index is -4.97. The van der Waals surface area contributed by atoms with Crippen molar-refractivity contribution in [2.45, 2.75) is 496 Å². The maximum atomic E-state index is 13.2. The number of aliphatic hydroxyl groups excluding tert-OH is 1. The van der Waals surface area contributed by atoms with Crippen molar-refractivity contribution in [3.8, 4) is 0 Å². The Hall–Kier alpha value is -1.94. The third-order valence-corrected chi connectivity index (χ3v) is 22.7. The van der Waals surface area contributed by atoms with Gasteiger partial charge >= 0.3 is 39.5 Å². The van der Waals surface area contributed by atoms with Crippen LogP contribution in [-0.4, -0.2) is 96.7 Å². The number of hydrogen-bond acceptors (Lipinski definition) is 15. The van der Waals surface area contributed by atoms with Gasteiger partial charge in [0.25, 0.3) is 0 Å². The molecule has 0 aromatic carbocycles. The highest BCUT2D eigenvalue weighted by atomic mass is 31.2. The fourth-order valence-electron chi connectivity index (χ4n) is 13.8. The zero-order chi connectivity index (χ0) is 78.3. The topological polar surface area (TPSA) is 237 Å². The van der Waals surface area contributed by atoms with Crippen LogP contribution in [0.5, 0.6) is 0 Å². The molecule has 0 radical (unpaired) electrons. The summed E-state index contributed by atoms with van der Waals surface area (Å²) < 4.78 is 69.0. The number of phosphoric ester groups is 2. The lowest BCUT2D eigenvalue weighted by molar-refractivity contribution is -0.161. The van der Waals surface area contributed by atoms with Gasteiger partial charge in [0.1, 0.15) is 19.3 Å². The Balaban J connectivity index is 5.24. The van der Waals surface area contributed by atoms with E-state index in [0.29, 0.717) is 25.7 Å². The minimum Gasteiger partial charge on any atom is -0.462 e. The highest BCUT2D eigenvalue weighted by molar-refractivity contribution is 7.47. The first kappa shape index (κ1) is 105. The second-order valence-electron chi connectivity index (χ2n) is 32.1. The van der Waals surface area contributed by atoms with E-state index in [0.717, 1.165) is 95.8 Å². The number of hydrogen-bond donors (Lipinski definition) is 3. The quantitative estimate of drug-likeness (QED) is 0.0222. The van der Waals surface area contributed by atoms with E-state index in [1.54, 1.807) is 0 Å². The summed E-state index contributed by atoms with van der Waals surface area (Å²) in [7, 11) is -9.93. The Kier molecular flexibility index (Phi) is 79.2. The van der Waals surface area contributed by atoms with E-state index in [9.17, 15) is 43.2 Å². The minimum absolute atomic E-state index is 0.109. The molecular formula is C88H172O17P2. The Bertz CT molecular complexity index is 2030. The van der Waals surface area contributed by atoms with Crippen LogP contribution in [-0.2, 0) is 65.4 Å². The lowest BCUT2D eigenvalue weighted by atomic mass is 10.0. The molecule has 0 heterocycles. The molecule has 0 aromatic heterocycles. The molecule has 107 heavy (non-hydrogen) atoms. The summed E-state index contributed by atoms with van der Waals surface area (Å²) in [4.78, 5) is 73.3. The SMILES string of the molecule is CCCCCCCCCCCCCCCCCCCCCCCC(=O)O[C@H](COC(=O)CCCCCCCCCCCCCCCCCCC(C)C)COP(=O)(O)OC[C@@H](O)COP(=O)(O)OC[C@@H](COC(=O)CCCCCCCCCCCCCC)OC(=O)CCCCCCCCCCCCCCCCC. The molecule has 19 heteroatoms. The average Bonchev–Trinajstić information content (AvgIpc) is 0.909. The summed E-state index contributed by atoms with van der Waals surface area (Å²) in [5.74, 6) is -1.28. The smallest absolute Gasteiger partial charge is 0.462 e. The van der Waals surface area contributed by atoms with E-state index in [2.05, 4.69) is 34.6 Å². The fourth-order valence-corrected chi connectivity index (χ4v) is 15.4. The predicted octanol–water partition coefficient (Wildman–Crippen LogP) is 27.2. The highest BCUT2D eigenvalue weighted by Gasteiger charge is 2.30. The molecule has 636 valence electrons. The molecule has 0 aliphatic heterocycles. The predicted molar refractivity (Wildman–Crippen MR) is 442 cm³/mol. The van der Waals surface area contributed by atoms with Crippen LogP contribution in [0.1, 0.15) is 478 Å². The van der Waals surface area contributed by atoms with Crippen LogP contribution in [0.2, 0.25) is 0 Å². The van der Waals surface area contributed by atoms with E-state index in [-0.39, 0.29) is 25.7 Å². The number of carbonyl (C=O) groups is 4. The van der Waals surface area contributed by atoms with Gasteiger partial charge in [-0.2, -0.15) is 0 Å². The molecule has 17 nitrogen and oxygen atoms in total. The highest BCUT2D eigenvalue weighted by Crippen LogP contribution is 2.45. The third-order valence-electron chi connectivity index (χ3n) is 20.8. The summed E-state index contributed by atoms with van der Waals surface area (Å²) in [5.41, 5.74) is 0. The van der Waals surface area contributed by atoms with Crippen molar-refractivity contribution in [3.05, 3.63) is 0 Å². The van der Waals surface area contributed by atoms with Crippen LogP contribution < -0.4 is 0 Å². The summed E-state index contributed by atoms with van der Waals surface area (Å²) in [6.07, 6.45) is 74.9. The molecule has 0 aromatic rings. The molecular weight excluding hydrogens is 1390 g/mol. The first-order valence-electron chi connectivity index (χ1n) is 45.6. The number of ether oxygens (including phenoxy) is 4. The van der Waals surface area contributed by atoms with Crippen LogP contribution in [0.4, 0.5) is 0 Å². The molecule has 0 bridgehead atoms. The van der Waals surface area contributed by atoms with Crippen molar-refractivity contribution < 1.29 is 80.2 Å². The second-order valence-corrected chi connectivity index (χ2v) is 35.0. The molecule has 5 atom stereocenters. The molecule has 3 N–H and O–H groups in total. The van der Waals surface area contributed by atoms with Crippen molar-refractivity contribution in [3.63, 3.8) is 0 Å². The van der Waals surface area contributed by atoms with Crippen molar-refractivity contribution >= 4 is 39.5 Å². The Morgan fingerprint density at radius 1 is 0.252 bits per heavy atom. The molecule has 0 fully saturated rings. The number of aliphatic hydroxyl groups is 1. The average molecular weight is 1560 g/mol. The molecule has 0 saturated heterocycles. The summed E-state index contributed by atoms with van der Waals surface area (Å²) in [5, 5.41) is 10.7. The molecule has 2 unspecified atom stereocenters. The molecule has 0 rings (SSSR count). The van der Waals surface area contributed by atoms with Gasteiger partial charge in [0, 0.05) is 25.7 Å². The van der Waals surface area contributed by atoms with Gasteiger partial charge in [-0.05, 0) is 31.6 Å². The van der Waals surface area contributed by atoms with Crippen LogP contribution in [0, 0.1) is 5.92 Å². The summed E-state index contributed by atoms with van der Waals surface area (Å²) in [6.45, 7) is 7.41. The van der Waals surface area contributed by atoms with Gasteiger partial charge in [0.05, 0.1) is 26.4 Å². The van der Waals surface area contributed by atoms with Crippen LogP contribution in [0.25, 0.3) is 0 Å². The number of unbranched alkanes of at least 4 members (excludes halogenated alkanes) is 60. The zero-order valence-corrected chi connectivity index (χ0v) is 72.1. The van der Waals surface area contributed by atoms with Crippen LogP contribution in [0.3, 0.4) is 0 Å². The van der Waals surface area contributed by atoms with Crippen molar-refractivity contribution in [1.29, 1.82) is 0 Å². The van der Waals surface area contributed by atoms with Gasteiger partial charge in [-0.1, -0.05) is 426 Å². The molecule has 0 aliphatic carbocycles. The lowest BCUT2D eigenvalue weighted by Crippen LogP contribution is -2.30. The van der Waals surface area contributed by atoms with Gasteiger partial charge in [-0.25, -0.2) is 9.13 Å². The molecule has 0 aliphatic rings. The van der Waals surface area contributed by atoms with E-state index >= 15 is 0 Å². The Morgan fingerprint density at radius 3 is 0.636 bits per heavy atom. The van der Waals surface area contributed by atoms with Gasteiger partial charge in [-0.15, -0.1) is 0 Å². The number of rotatable bonds is 88. The second kappa shape index (κ2) is 80.7. The van der Waals surface area contributed by atoms with E-state index in [4.69, 9.17) is 37.0 Å². The Labute approximate surface area is 658 Å². The van der Waals surface area contributed by atoms with Gasteiger partial charge in [0.15, 0.2) is 12.2 Å². The molecule has 0 amide bonds. The zero-order valence-electron chi connectivity index (χ0n) is 70.3. The number of carbonyl (C=O) groups excluding carboxylic acids is 4. The van der Waals surface area contributed by atoms with E-state index in [1.807, 2.05) is 0 Å². The van der Waals surface area contributed by atoms with Gasteiger partial charge in [-0.3, -0.25) is 37.3 Å². The van der Waals surface area contributed by atoms with Crippen molar-refractivity contribution in [2.24, 2.45) is 5.92 Å². The number of esters is 4. The maximum absolute atomic E-state index is 13.2. The fraction of sp³-hybridized carbons (Fsp3) is 0.955. The largest absolute Gasteiger partial charge is 0.472 e. The third kappa shape index (κ3) is 81.9. The summed E-state index contributed by atoms with van der Waals surface area (Å²) in [6, 6.07) is 0. The maximum Gasteiger partial charge on any atom is 0.472 e. The summed E-state index contributed by atoms with van der Waals surface area (Å²) >= 11 is 0. The van der Waals surface area contributed by atoms with Gasteiger partial charge in [0.2, 0.25) is 0 Å². The van der Waals surface area contributed by atoms with Crippen molar-refractivity contribution in [1.82, 2.24) is 0 Å². The standard InChI is InChI=1S/C88H172O17P2/c1-6-9-12-15-18-21-24-27-29-30-31-32-33-34-40-44-49-54-59-64-69-74-88(93)105-84(78-99-86(91)72-67-62-57-52-47-42-39-36-35-38-41-45-50-55-60-65-70-81(4)5)80-103-107(96,97)101-76-82(89)75-100-106(94,95)102-79-83(77-98-85(90)71-66-61-56-51-46-26-23-20-17-14-11-8-3)104-87(92)73-68-63-58-53-48-43-37-28-25-22-19-16-13-10-7-2/h81-84,89H,6-80H2,1-5H3,(H,94,95)(H,96,97)/t82-,83+,84+/m0/s1. The van der Waals surface area contributed by atoms with Crippen LogP contribution >= 0.6 is 15.6 Å². The monoisotopic (exact) mass is 1560 g/mol. The number of phosphoric acid groups is 2.